The molecule has 5 heteroatoms. The molecule has 0 aliphatic rings. The highest BCUT2D eigenvalue weighted by Crippen LogP contribution is 2.24. The Labute approximate surface area is 134 Å². The highest BCUT2D eigenvalue weighted by atomic mass is 16.3. The van der Waals surface area contributed by atoms with Gasteiger partial charge in [-0.2, -0.15) is 0 Å². The zero-order valence-corrected chi connectivity index (χ0v) is 13.2. The second kappa shape index (κ2) is 6.12. The molecule has 118 valence electrons. The molecule has 3 rings (SSSR count). The van der Waals surface area contributed by atoms with E-state index in [1.165, 1.54) is 0 Å². The Balaban J connectivity index is 1.85. The van der Waals surface area contributed by atoms with E-state index in [1.807, 2.05) is 48.7 Å². The van der Waals surface area contributed by atoms with Gasteiger partial charge in [0.15, 0.2) is 0 Å². The number of anilines is 1. The van der Waals surface area contributed by atoms with Crippen molar-refractivity contribution in [2.24, 2.45) is 0 Å². The summed E-state index contributed by atoms with van der Waals surface area (Å²) >= 11 is 0. The molecule has 0 aliphatic carbocycles. The van der Waals surface area contributed by atoms with Crippen LogP contribution in [0.5, 0.6) is 5.75 Å². The number of aromatic hydroxyl groups is 1. The maximum atomic E-state index is 12.4. The fourth-order valence-electron chi connectivity index (χ4n) is 2.65. The van der Waals surface area contributed by atoms with Crippen molar-refractivity contribution in [3.05, 3.63) is 53.9 Å². The van der Waals surface area contributed by atoms with Gasteiger partial charge in [0, 0.05) is 6.42 Å². The summed E-state index contributed by atoms with van der Waals surface area (Å²) in [5.41, 5.74) is 3.18. The van der Waals surface area contributed by atoms with Crippen LogP contribution in [-0.2, 0) is 17.8 Å². The molecule has 0 saturated carbocycles. The lowest BCUT2D eigenvalue weighted by Gasteiger charge is -2.10. The van der Waals surface area contributed by atoms with Crippen LogP contribution in [0.15, 0.2) is 42.5 Å². The molecule has 0 unspecified atom stereocenters. The number of hydrogen-bond acceptors (Lipinski definition) is 3. The Morgan fingerprint density at radius 3 is 2.78 bits per heavy atom. The van der Waals surface area contributed by atoms with Crippen LogP contribution in [0.3, 0.4) is 0 Å². The summed E-state index contributed by atoms with van der Waals surface area (Å²) in [6.45, 7) is 4.06. The van der Waals surface area contributed by atoms with Crippen LogP contribution in [0, 0.1) is 6.92 Å². The van der Waals surface area contributed by atoms with Crippen molar-refractivity contribution < 1.29 is 9.90 Å². The van der Waals surface area contributed by atoms with E-state index in [-0.39, 0.29) is 18.2 Å². The number of aromatic nitrogens is 2. The maximum Gasteiger partial charge on any atom is 0.244 e. The molecule has 2 aromatic carbocycles. The van der Waals surface area contributed by atoms with Crippen molar-refractivity contribution in [2.75, 3.05) is 5.32 Å². The number of fused-ring (bicyclic) bond motifs is 1. The van der Waals surface area contributed by atoms with E-state index in [2.05, 4.69) is 10.3 Å². The van der Waals surface area contributed by atoms with E-state index in [4.69, 9.17) is 0 Å². The Bertz CT molecular complexity index is 868. The van der Waals surface area contributed by atoms with Gasteiger partial charge in [-0.1, -0.05) is 25.1 Å². The first kappa shape index (κ1) is 15.1. The first-order valence-electron chi connectivity index (χ1n) is 7.62. The second-order valence-electron chi connectivity index (χ2n) is 5.53. The Kier molecular flexibility index (Phi) is 4.02. The van der Waals surface area contributed by atoms with Crippen molar-refractivity contribution in [2.45, 2.75) is 26.8 Å². The van der Waals surface area contributed by atoms with Gasteiger partial charge in [0.05, 0.1) is 16.7 Å². The molecule has 23 heavy (non-hydrogen) atoms. The molecule has 0 saturated heterocycles. The molecule has 0 aliphatic heterocycles. The second-order valence-corrected chi connectivity index (χ2v) is 5.53. The summed E-state index contributed by atoms with van der Waals surface area (Å²) in [4.78, 5) is 16.9. The molecule has 0 radical (unpaired) electrons. The van der Waals surface area contributed by atoms with Crippen LogP contribution in [0.4, 0.5) is 5.69 Å². The predicted molar refractivity (Wildman–Crippen MR) is 90.6 cm³/mol. The molecule has 3 aromatic rings. The third-order valence-corrected chi connectivity index (χ3v) is 3.78. The summed E-state index contributed by atoms with van der Waals surface area (Å²) in [5, 5.41) is 12.7. The van der Waals surface area contributed by atoms with Gasteiger partial charge < -0.3 is 15.0 Å². The van der Waals surface area contributed by atoms with Gasteiger partial charge in [-0.25, -0.2) is 4.98 Å². The minimum absolute atomic E-state index is 0.0737. The van der Waals surface area contributed by atoms with Crippen LogP contribution < -0.4 is 5.32 Å². The molecule has 2 N–H and O–H groups in total. The summed E-state index contributed by atoms with van der Waals surface area (Å²) in [6.07, 6.45) is 0.748. The normalized spacial score (nSPS) is 10.9. The van der Waals surface area contributed by atoms with Crippen molar-refractivity contribution in [3.63, 3.8) is 0 Å². The minimum Gasteiger partial charge on any atom is -0.506 e. The van der Waals surface area contributed by atoms with Gasteiger partial charge >= 0.3 is 0 Å². The van der Waals surface area contributed by atoms with E-state index in [1.54, 1.807) is 12.1 Å². The van der Waals surface area contributed by atoms with Crippen LogP contribution in [0.2, 0.25) is 0 Å². The Morgan fingerprint density at radius 2 is 2.04 bits per heavy atom. The van der Waals surface area contributed by atoms with Crippen LogP contribution in [0.25, 0.3) is 11.0 Å². The molecular weight excluding hydrogens is 290 g/mol. The van der Waals surface area contributed by atoms with E-state index in [0.29, 0.717) is 5.69 Å². The van der Waals surface area contributed by atoms with Gasteiger partial charge in [-0.15, -0.1) is 0 Å². The SMILES string of the molecule is CCc1nc2ccccc2n1CC(=O)Nc1ccc(C)cc1O. The van der Waals surface area contributed by atoms with Gasteiger partial charge in [0.1, 0.15) is 18.1 Å². The number of imidazole rings is 1. The zero-order valence-electron chi connectivity index (χ0n) is 13.2. The molecule has 5 nitrogen and oxygen atoms in total. The summed E-state index contributed by atoms with van der Waals surface area (Å²) in [5.74, 6) is 0.751. The monoisotopic (exact) mass is 309 g/mol. The molecule has 0 fully saturated rings. The lowest BCUT2D eigenvalue weighted by Crippen LogP contribution is -2.20. The molecule has 0 spiro atoms. The average Bonchev–Trinajstić information content (AvgIpc) is 2.88. The summed E-state index contributed by atoms with van der Waals surface area (Å²) in [6, 6.07) is 12.9. The standard InChI is InChI=1S/C18H19N3O2/c1-3-17-19-13-6-4-5-7-15(13)21(17)11-18(23)20-14-9-8-12(2)10-16(14)22/h4-10,22H,3,11H2,1-2H3,(H,20,23). The van der Waals surface area contributed by atoms with Gasteiger partial charge in [0.25, 0.3) is 0 Å². The molecule has 1 amide bonds. The van der Waals surface area contributed by atoms with Crippen molar-refractivity contribution >= 4 is 22.6 Å². The van der Waals surface area contributed by atoms with E-state index in [0.717, 1.165) is 28.8 Å². The van der Waals surface area contributed by atoms with Crippen molar-refractivity contribution in [1.82, 2.24) is 9.55 Å². The minimum atomic E-state index is -0.193. The number of amides is 1. The number of hydrogen-bond donors (Lipinski definition) is 2. The zero-order chi connectivity index (χ0) is 16.4. The van der Waals surface area contributed by atoms with Crippen molar-refractivity contribution in [3.8, 4) is 5.75 Å². The number of rotatable bonds is 4. The van der Waals surface area contributed by atoms with E-state index < -0.39 is 0 Å². The molecular formula is C18H19N3O2. The third kappa shape index (κ3) is 3.04. The molecule has 0 atom stereocenters. The fraction of sp³-hybridized carbons (Fsp3) is 0.222. The molecule has 0 bridgehead atoms. The Morgan fingerprint density at radius 1 is 1.26 bits per heavy atom. The Hall–Kier alpha value is -2.82. The summed E-state index contributed by atoms with van der Waals surface area (Å²) in [7, 11) is 0. The molecule has 1 aromatic heterocycles. The topological polar surface area (TPSA) is 67.2 Å². The molecule has 1 heterocycles. The fourth-order valence-corrected chi connectivity index (χ4v) is 2.65. The van der Waals surface area contributed by atoms with Crippen LogP contribution in [0.1, 0.15) is 18.3 Å². The average molecular weight is 309 g/mol. The number of nitrogens with one attached hydrogen (secondary N) is 1. The van der Waals surface area contributed by atoms with Gasteiger partial charge in [0.2, 0.25) is 5.91 Å². The number of aryl methyl sites for hydroxylation is 2. The summed E-state index contributed by atoms with van der Waals surface area (Å²) < 4.78 is 1.91. The van der Waals surface area contributed by atoms with Gasteiger partial charge in [-0.05, 0) is 36.8 Å². The largest absolute Gasteiger partial charge is 0.506 e. The first-order valence-corrected chi connectivity index (χ1v) is 7.62. The number of benzene rings is 2. The van der Waals surface area contributed by atoms with E-state index in [9.17, 15) is 9.90 Å². The first-order chi connectivity index (χ1) is 11.1. The van der Waals surface area contributed by atoms with Crippen LogP contribution >= 0.6 is 0 Å². The highest BCUT2D eigenvalue weighted by Gasteiger charge is 2.13. The quantitative estimate of drug-likeness (QED) is 0.727. The van der Waals surface area contributed by atoms with E-state index >= 15 is 0 Å². The maximum absolute atomic E-state index is 12.4. The lowest BCUT2D eigenvalue weighted by atomic mass is 10.2. The number of para-hydroxylation sites is 2. The number of phenolic OH excluding ortho intramolecular Hbond substituents is 1. The third-order valence-electron chi connectivity index (χ3n) is 3.78. The van der Waals surface area contributed by atoms with Gasteiger partial charge in [-0.3, -0.25) is 4.79 Å². The number of carbonyl (C=O) groups is 1. The highest BCUT2D eigenvalue weighted by molar-refractivity contribution is 5.93. The van der Waals surface area contributed by atoms with Crippen molar-refractivity contribution in [1.29, 1.82) is 0 Å². The number of nitrogens with zero attached hydrogens (tertiary/aromatic N) is 2. The van der Waals surface area contributed by atoms with Crippen LogP contribution in [-0.4, -0.2) is 20.6 Å². The number of carbonyl (C=O) groups excluding carboxylic acids is 1. The lowest BCUT2D eigenvalue weighted by molar-refractivity contribution is -0.116. The smallest absolute Gasteiger partial charge is 0.244 e. The predicted octanol–water partition coefficient (Wildman–Crippen LogP) is 3.25. The number of phenols is 1.